The van der Waals surface area contributed by atoms with Gasteiger partial charge >= 0.3 is 0 Å². The third-order valence-electron chi connectivity index (χ3n) is 16.7. The molecule has 0 spiro atoms. The largest absolute Gasteiger partial charge is 0.454 e. The van der Waals surface area contributed by atoms with E-state index in [4.69, 9.17) is 8.83 Å². The second kappa shape index (κ2) is 16.1. The molecule has 2 aromatic heterocycles. The molecule has 0 radical (unpaired) electrons. The van der Waals surface area contributed by atoms with Gasteiger partial charge < -0.3 is 18.6 Å². The lowest BCUT2D eigenvalue weighted by molar-refractivity contribution is 0.576. The third kappa shape index (κ3) is 6.34. The maximum absolute atomic E-state index is 7.26. The first kappa shape index (κ1) is 41.7. The van der Waals surface area contributed by atoms with E-state index in [9.17, 15) is 0 Å². The Hall–Kier alpha value is -7.30. The van der Waals surface area contributed by atoms with Gasteiger partial charge in [-0.05, 0) is 152 Å². The summed E-state index contributed by atoms with van der Waals surface area (Å²) in [5.41, 5.74) is 18.9. The summed E-state index contributed by atoms with van der Waals surface area (Å²) in [7, 11) is 0. The number of anilines is 5. The fourth-order valence-electron chi connectivity index (χ4n) is 13.5. The molecule has 11 aromatic rings. The third-order valence-corrected chi connectivity index (χ3v) is 16.7. The molecule has 14 rings (SSSR count). The van der Waals surface area contributed by atoms with Crippen LogP contribution in [0, 0.1) is 27.7 Å². The Morgan fingerprint density at radius 1 is 0.429 bits per heavy atom. The van der Waals surface area contributed by atoms with Crippen molar-refractivity contribution in [2.24, 2.45) is 0 Å². The molecule has 0 atom stereocenters. The molecular formula is C66H58N2O2. The van der Waals surface area contributed by atoms with E-state index < -0.39 is 0 Å². The molecule has 2 heterocycles. The highest BCUT2D eigenvalue weighted by molar-refractivity contribution is 6.28. The molecule has 344 valence electrons. The summed E-state index contributed by atoms with van der Waals surface area (Å²) in [4.78, 5) is 5.01. The Labute approximate surface area is 410 Å². The summed E-state index contributed by atoms with van der Waals surface area (Å²) >= 11 is 0. The molecule has 4 nitrogen and oxygen atoms in total. The number of para-hydroxylation sites is 3. The van der Waals surface area contributed by atoms with Gasteiger partial charge in [-0.25, -0.2) is 0 Å². The van der Waals surface area contributed by atoms with Gasteiger partial charge in [-0.1, -0.05) is 152 Å². The van der Waals surface area contributed by atoms with Crippen molar-refractivity contribution in [3.63, 3.8) is 0 Å². The van der Waals surface area contributed by atoms with E-state index in [1.54, 1.807) is 0 Å². The van der Waals surface area contributed by atoms with E-state index in [-0.39, 0.29) is 0 Å². The maximum Gasteiger partial charge on any atom is 0.159 e. The van der Waals surface area contributed by atoms with Gasteiger partial charge in [0.15, 0.2) is 11.3 Å². The van der Waals surface area contributed by atoms with Gasteiger partial charge in [0.2, 0.25) is 0 Å². The summed E-state index contributed by atoms with van der Waals surface area (Å²) in [6.07, 6.45) is 14.5. The van der Waals surface area contributed by atoms with Gasteiger partial charge in [-0.15, -0.1) is 0 Å². The lowest BCUT2D eigenvalue weighted by Crippen LogP contribution is -2.19. The molecule has 3 aliphatic carbocycles. The Morgan fingerprint density at radius 2 is 0.929 bits per heavy atom. The highest BCUT2D eigenvalue weighted by atomic mass is 16.3. The highest BCUT2D eigenvalue weighted by Gasteiger charge is 2.32. The number of hydrogen-bond donors (Lipinski definition) is 0. The topological polar surface area (TPSA) is 32.8 Å². The molecule has 0 bridgehead atoms. The van der Waals surface area contributed by atoms with Crippen molar-refractivity contribution in [1.82, 2.24) is 0 Å². The zero-order valence-electron chi connectivity index (χ0n) is 40.8. The minimum atomic E-state index is 0.543. The van der Waals surface area contributed by atoms with Crippen LogP contribution in [0.2, 0.25) is 0 Å². The fourth-order valence-corrected chi connectivity index (χ4v) is 13.5. The van der Waals surface area contributed by atoms with Gasteiger partial charge in [0, 0.05) is 43.9 Å². The van der Waals surface area contributed by atoms with Crippen molar-refractivity contribution >= 4 is 99.4 Å². The number of aryl methyl sites for hydroxylation is 5. The van der Waals surface area contributed by atoms with Crippen molar-refractivity contribution in [2.45, 2.75) is 104 Å². The standard InChI is InChI=1S/C66H58N2O2/c1-39-25-33-55(41(3)37-39)67(59-23-11-21-51-49-19-9-17-47(43-13-5-6-14-43)63(49)69-65(51)59)57-35-29-45-28-32-54-58(36-30-46-27-31-53(57)61(45)62(46)54)68(56-34-26-40(2)38-42(56)4)60-24-12-22-52-50-20-10-18-48(44-15-7-8-16-44)64(50)70-66(52)60/h9-11,17-21,23-38,43-44H,5-8,12-16,22H2,1-4H3. The van der Waals surface area contributed by atoms with E-state index in [0.717, 1.165) is 69.2 Å². The first-order chi connectivity index (χ1) is 34.4. The second-order valence-electron chi connectivity index (χ2n) is 21.0. The quantitative estimate of drug-likeness (QED) is 0.142. The van der Waals surface area contributed by atoms with Gasteiger partial charge in [0.25, 0.3) is 0 Å². The zero-order chi connectivity index (χ0) is 46.8. The van der Waals surface area contributed by atoms with E-state index >= 15 is 0 Å². The van der Waals surface area contributed by atoms with Crippen LogP contribution in [0.15, 0.2) is 154 Å². The van der Waals surface area contributed by atoms with Crippen LogP contribution in [0.4, 0.5) is 28.4 Å². The molecule has 0 N–H and O–H groups in total. The van der Waals surface area contributed by atoms with Crippen LogP contribution in [0.3, 0.4) is 0 Å². The number of benzene rings is 9. The smallest absolute Gasteiger partial charge is 0.159 e. The molecule has 2 fully saturated rings. The first-order valence-electron chi connectivity index (χ1n) is 26.0. The molecule has 0 unspecified atom stereocenters. The molecule has 3 aliphatic rings. The minimum Gasteiger partial charge on any atom is -0.454 e. The monoisotopic (exact) mass is 910 g/mol. The Kier molecular flexibility index (Phi) is 9.60. The van der Waals surface area contributed by atoms with Gasteiger partial charge in [0.05, 0.1) is 22.8 Å². The molecule has 9 aromatic carbocycles. The van der Waals surface area contributed by atoms with E-state index in [1.165, 1.54) is 139 Å². The highest BCUT2D eigenvalue weighted by Crippen LogP contribution is 2.52. The average Bonchev–Trinajstić information content (AvgIpc) is 4.23. The summed E-state index contributed by atoms with van der Waals surface area (Å²) in [5.74, 6) is 2.12. The van der Waals surface area contributed by atoms with Gasteiger partial charge in [0.1, 0.15) is 11.2 Å². The maximum atomic E-state index is 7.26. The first-order valence-corrected chi connectivity index (χ1v) is 26.0. The molecular weight excluding hydrogens is 853 g/mol. The van der Waals surface area contributed by atoms with Crippen molar-refractivity contribution in [1.29, 1.82) is 0 Å². The van der Waals surface area contributed by atoms with Crippen LogP contribution in [0.1, 0.15) is 114 Å². The van der Waals surface area contributed by atoms with Gasteiger partial charge in [-0.2, -0.15) is 0 Å². The van der Waals surface area contributed by atoms with Crippen molar-refractivity contribution in [3.8, 4) is 0 Å². The Bertz CT molecular complexity index is 3930. The minimum absolute atomic E-state index is 0.543. The van der Waals surface area contributed by atoms with Crippen LogP contribution in [-0.2, 0) is 6.42 Å². The predicted molar refractivity (Wildman–Crippen MR) is 295 cm³/mol. The van der Waals surface area contributed by atoms with Crippen LogP contribution in [0.5, 0.6) is 0 Å². The fraction of sp³-hybridized carbons (Fsp3) is 0.242. The molecule has 2 saturated carbocycles. The van der Waals surface area contributed by atoms with Crippen LogP contribution < -0.4 is 9.80 Å². The van der Waals surface area contributed by atoms with E-state index in [1.807, 2.05) is 0 Å². The van der Waals surface area contributed by atoms with Crippen LogP contribution in [0.25, 0.3) is 70.9 Å². The Morgan fingerprint density at radius 3 is 1.53 bits per heavy atom. The van der Waals surface area contributed by atoms with Crippen molar-refractivity contribution in [2.75, 3.05) is 9.80 Å². The lowest BCUT2D eigenvalue weighted by Gasteiger charge is -2.32. The lowest BCUT2D eigenvalue weighted by atomic mass is 9.90. The van der Waals surface area contributed by atoms with E-state index in [0.29, 0.717) is 11.8 Å². The van der Waals surface area contributed by atoms with E-state index in [2.05, 4.69) is 183 Å². The number of rotatable bonds is 8. The Balaban J connectivity index is 0.997. The second-order valence-corrected chi connectivity index (χ2v) is 21.0. The molecule has 70 heavy (non-hydrogen) atoms. The number of fused-ring (bicyclic) bond motifs is 6. The van der Waals surface area contributed by atoms with Gasteiger partial charge in [-0.3, -0.25) is 0 Å². The average molecular weight is 911 g/mol. The summed E-state index contributed by atoms with van der Waals surface area (Å²) in [6, 6.07) is 53.0. The SMILES string of the molecule is Cc1ccc(N(C2=CCCc3c2oc2c(C4CCCC4)cccc32)c2ccc3ccc4c(N(c5ccc(C)cc5C)c5cccc6c5oc5c(C7CCCC7)cccc56)ccc5ccc2c3c54)c(C)c1. The molecule has 4 heteroatoms. The van der Waals surface area contributed by atoms with Crippen LogP contribution in [-0.4, -0.2) is 0 Å². The molecule has 0 amide bonds. The predicted octanol–water partition coefficient (Wildman–Crippen LogP) is 19.4. The zero-order valence-corrected chi connectivity index (χ0v) is 40.8. The number of hydrogen-bond acceptors (Lipinski definition) is 4. The van der Waals surface area contributed by atoms with Crippen molar-refractivity contribution < 1.29 is 8.83 Å². The summed E-state index contributed by atoms with van der Waals surface area (Å²) in [6.45, 7) is 8.89. The number of furan rings is 2. The normalized spacial score (nSPS) is 15.7. The van der Waals surface area contributed by atoms with Crippen LogP contribution >= 0.6 is 0 Å². The molecule has 0 saturated heterocycles. The van der Waals surface area contributed by atoms with Crippen molar-refractivity contribution in [3.05, 3.63) is 190 Å². The number of nitrogens with zero attached hydrogens (tertiary/aromatic N) is 2. The summed E-state index contributed by atoms with van der Waals surface area (Å²) in [5, 5.41) is 11.1. The number of allylic oxidation sites excluding steroid dienone is 1. The molecule has 0 aliphatic heterocycles. The summed E-state index contributed by atoms with van der Waals surface area (Å²) < 4.78 is 14.5.